The van der Waals surface area contributed by atoms with Gasteiger partial charge in [-0.05, 0) is 19.8 Å². The lowest BCUT2D eigenvalue weighted by Gasteiger charge is -2.22. The molecular formula is C19H25N3O5. The van der Waals surface area contributed by atoms with E-state index in [-0.39, 0.29) is 12.5 Å². The van der Waals surface area contributed by atoms with Gasteiger partial charge in [0.25, 0.3) is 5.91 Å². The molecule has 1 aromatic rings. The van der Waals surface area contributed by atoms with Crippen molar-refractivity contribution in [2.75, 3.05) is 19.6 Å². The van der Waals surface area contributed by atoms with Crippen LogP contribution in [0.3, 0.4) is 0 Å². The lowest BCUT2D eigenvalue weighted by Crippen LogP contribution is -2.43. The van der Waals surface area contributed by atoms with Crippen LogP contribution >= 0.6 is 0 Å². The number of rotatable bonds is 6. The Morgan fingerprint density at radius 2 is 1.89 bits per heavy atom. The van der Waals surface area contributed by atoms with Gasteiger partial charge in [-0.3, -0.25) is 19.7 Å². The number of nitrogens with zero attached hydrogens (tertiary/aromatic N) is 1. The van der Waals surface area contributed by atoms with Crippen molar-refractivity contribution in [2.24, 2.45) is 0 Å². The Kier molecular flexibility index (Phi) is 7.79. The maximum Gasteiger partial charge on any atom is 0.326 e. The topological polar surface area (TPSA) is 105 Å². The lowest BCUT2D eigenvalue weighted by molar-refractivity contribution is -0.159. The zero-order valence-electron chi connectivity index (χ0n) is 15.4. The number of likely N-dealkylation sites (tertiary alicyclic amines) is 1. The molecule has 1 heterocycles. The highest BCUT2D eigenvalue weighted by atomic mass is 16.5. The van der Waals surface area contributed by atoms with E-state index in [1.165, 1.54) is 4.90 Å². The van der Waals surface area contributed by atoms with Gasteiger partial charge in [-0.1, -0.05) is 36.8 Å². The molecule has 1 atom stereocenters. The van der Waals surface area contributed by atoms with Gasteiger partial charge in [-0.2, -0.15) is 0 Å². The number of imide groups is 1. The number of amides is 4. The van der Waals surface area contributed by atoms with Crippen molar-refractivity contribution in [3.63, 3.8) is 0 Å². The van der Waals surface area contributed by atoms with Crippen molar-refractivity contribution in [3.05, 3.63) is 35.9 Å². The normalized spacial score (nSPS) is 15.4. The van der Waals surface area contributed by atoms with Crippen molar-refractivity contribution in [2.45, 2.75) is 38.7 Å². The Morgan fingerprint density at radius 1 is 1.15 bits per heavy atom. The minimum Gasteiger partial charge on any atom is -0.446 e. The van der Waals surface area contributed by atoms with E-state index in [1.54, 1.807) is 37.3 Å². The van der Waals surface area contributed by atoms with Crippen LogP contribution in [0.2, 0.25) is 0 Å². The minimum atomic E-state index is -1.27. The minimum absolute atomic E-state index is 0.0903. The Labute approximate surface area is 158 Å². The van der Waals surface area contributed by atoms with Gasteiger partial charge in [-0.25, -0.2) is 4.79 Å². The number of nitrogens with one attached hydrogen (secondary N) is 2. The summed E-state index contributed by atoms with van der Waals surface area (Å²) in [7, 11) is 0. The summed E-state index contributed by atoms with van der Waals surface area (Å²) in [5, 5.41) is 4.61. The number of hydrogen-bond donors (Lipinski definition) is 2. The Morgan fingerprint density at radius 3 is 2.59 bits per heavy atom. The van der Waals surface area contributed by atoms with Crippen molar-refractivity contribution in [1.82, 2.24) is 15.5 Å². The second-order valence-corrected chi connectivity index (χ2v) is 6.26. The maximum atomic E-state index is 12.4. The fourth-order valence-electron chi connectivity index (χ4n) is 2.81. The molecule has 146 valence electrons. The second-order valence-electron chi connectivity index (χ2n) is 6.26. The van der Waals surface area contributed by atoms with Gasteiger partial charge in [0, 0.05) is 25.1 Å². The van der Waals surface area contributed by atoms with Crippen molar-refractivity contribution in [3.8, 4) is 0 Å². The molecule has 0 saturated carbocycles. The number of ether oxygens (including phenoxy) is 1. The highest BCUT2D eigenvalue weighted by molar-refractivity contribution is 5.98. The van der Waals surface area contributed by atoms with Crippen LogP contribution in [0.15, 0.2) is 30.3 Å². The number of hydrogen-bond acceptors (Lipinski definition) is 5. The Bertz CT molecular complexity index is 677. The van der Waals surface area contributed by atoms with Crippen LogP contribution in [0, 0.1) is 0 Å². The Hall–Kier alpha value is -2.90. The number of carbonyl (C=O) groups excluding carboxylic acids is 4. The molecule has 0 bridgehead atoms. The smallest absolute Gasteiger partial charge is 0.326 e. The van der Waals surface area contributed by atoms with E-state index >= 15 is 0 Å². The average Bonchev–Trinajstić information content (AvgIpc) is 2.85. The average molecular weight is 375 g/mol. The first-order valence-corrected chi connectivity index (χ1v) is 9.12. The molecule has 0 radical (unpaired) electrons. The van der Waals surface area contributed by atoms with E-state index < -0.39 is 24.0 Å². The van der Waals surface area contributed by atoms with Gasteiger partial charge >= 0.3 is 12.0 Å². The van der Waals surface area contributed by atoms with Crippen LogP contribution in [0.5, 0.6) is 0 Å². The molecule has 4 amide bonds. The molecule has 2 rings (SSSR count). The summed E-state index contributed by atoms with van der Waals surface area (Å²) < 4.78 is 5.34. The quantitative estimate of drug-likeness (QED) is 0.734. The SMILES string of the molecule is CCNC(=O)NC(=O)[C@@H](OC(=O)CN1CCCCCC1=O)c1ccccc1. The largest absolute Gasteiger partial charge is 0.446 e. The standard InChI is InChI=1S/C19H25N3O5/c1-2-20-19(26)21-18(25)17(14-9-5-3-6-10-14)27-16(24)13-22-12-8-4-7-11-15(22)23/h3,5-6,9-10,17H,2,4,7-8,11-13H2,1H3,(H2,20,21,25,26)/t17-/m0/s1. The molecule has 0 aliphatic carbocycles. The molecular weight excluding hydrogens is 350 g/mol. The lowest BCUT2D eigenvalue weighted by atomic mass is 10.1. The molecule has 1 fully saturated rings. The monoisotopic (exact) mass is 375 g/mol. The third-order valence-electron chi connectivity index (χ3n) is 4.16. The summed E-state index contributed by atoms with van der Waals surface area (Å²) in [5.41, 5.74) is 0.440. The summed E-state index contributed by atoms with van der Waals surface area (Å²) in [6, 6.07) is 7.77. The number of urea groups is 1. The highest BCUT2D eigenvalue weighted by Gasteiger charge is 2.28. The van der Waals surface area contributed by atoms with Gasteiger partial charge < -0.3 is 15.0 Å². The fourth-order valence-corrected chi connectivity index (χ4v) is 2.81. The predicted octanol–water partition coefficient (Wildman–Crippen LogP) is 1.52. The van der Waals surface area contributed by atoms with Crippen molar-refractivity contribution < 1.29 is 23.9 Å². The summed E-state index contributed by atoms with van der Waals surface area (Å²) in [4.78, 5) is 50.0. The molecule has 0 spiro atoms. The summed E-state index contributed by atoms with van der Waals surface area (Å²) >= 11 is 0. The van der Waals surface area contributed by atoms with Crippen LogP contribution in [0.25, 0.3) is 0 Å². The molecule has 8 heteroatoms. The number of carbonyl (C=O) groups is 4. The number of esters is 1. The van der Waals surface area contributed by atoms with Crippen LogP contribution in [0.4, 0.5) is 4.79 Å². The third kappa shape index (κ3) is 6.40. The molecule has 1 aromatic carbocycles. The Balaban J connectivity index is 2.06. The molecule has 27 heavy (non-hydrogen) atoms. The molecule has 0 unspecified atom stereocenters. The van der Waals surface area contributed by atoms with E-state index in [1.807, 2.05) is 0 Å². The molecule has 8 nitrogen and oxygen atoms in total. The van der Waals surface area contributed by atoms with Gasteiger partial charge in [0.2, 0.25) is 12.0 Å². The fraction of sp³-hybridized carbons (Fsp3) is 0.474. The number of benzene rings is 1. The van der Waals surface area contributed by atoms with Crippen molar-refractivity contribution >= 4 is 23.8 Å². The van der Waals surface area contributed by atoms with Gasteiger partial charge in [0.15, 0.2) is 0 Å². The van der Waals surface area contributed by atoms with Gasteiger partial charge in [0.1, 0.15) is 6.54 Å². The molecule has 2 N–H and O–H groups in total. The van der Waals surface area contributed by atoms with Gasteiger partial charge in [-0.15, -0.1) is 0 Å². The highest BCUT2D eigenvalue weighted by Crippen LogP contribution is 2.19. The molecule has 0 aromatic heterocycles. The predicted molar refractivity (Wildman–Crippen MR) is 97.5 cm³/mol. The summed E-state index contributed by atoms with van der Waals surface area (Å²) in [6.45, 7) is 2.36. The van der Waals surface area contributed by atoms with E-state index in [4.69, 9.17) is 4.74 Å². The van der Waals surface area contributed by atoms with E-state index in [0.717, 1.165) is 19.3 Å². The summed E-state index contributed by atoms with van der Waals surface area (Å²) in [6.07, 6.45) is 1.72. The molecule has 1 aliphatic heterocycles. The van der Waals surface area contributed by atoms with E-state index in [2.05, 4.69) is 10.6 Å². The molecule has 1 saturated heterocycles. The van der Waals surface area contributed by atoms with Gasteiger partial charge in [0.05, 0.1) is 0 Å². The first kappa shape index (κ1) is 20.4. The summed E-state index contributed by atoms with van der Waals surface area (Å²) in [5.74, 6) is -1.53. The zero-order chi connectivity index (χ0) is 19.6. The second kappa shape index (κ2) is 10.3. The van der Waals surface area contributed by atoms with Crippen LogP contribution in [-0.2, 0) is 19.1 Å². The van der Waals surface area contributed by atoms with Crippen molar-refractivity contribution in [1.29, 1.82) is 0 Å². The first-order valence-electron chi connectivity index (χ1n) is 9.12. The van der Waals surface area contributed by atoms with Crippen LogP contribution in [-0.4, -0.2) is 48.3 Å². The maximum absolute atomic E-state index is 12.4. The van der Waals surface area contributed by atoms with E-state index in [9.17, 15) is 19.2 Å². The first-order chi connectivity index (χ1) is 13.0. The van der Waals surface area contributed by atoms with Crippen LogP contribution in [0.1, 0.15) is 44.3 Å². The van der Waals surface area contributed by atoms with E-state index in [0.29, 0.717) is 25.1 Å². The zero-order valence-corrected chi connectivity index (χ0v) is 15.4. The third-order valence-corrected chi connectivity index (χ3v) is 4.16. The molecule has 1 aliphatic rings. The van der Waals surface area contributed by atoms with Crippen LogP contribution < -0.4 is 10.6 Å².